The van der Waals surface area contributed by atoms with Gasteiger partial charge in [0.15, 0.2) is 5.78 Å². The molecule has 0 bridgehead atoms. The SMILES string of the molecule is N#CCC(=O)c1cc(O)ccc1O. The molecule has 0 spiro atoms. The van der Waals surface area contributed by atoms with Gasteiger partial charge in [-0.05, 0) is 18.2 Å². The van der Waals surface area contributed by atoms with Crippen LogP contribution in [0.25, 0.3) is 0 Å². The number of hydrogen-bond donors (Lipinski definition) is 2. The van der Waals surface area contributed by atoms with Crippen LogP contribution < -0.4 is 0 Å². The molecular formula is C9H7NO3. The Labute approximate surface area is 74.7 Å². The number of hydrogen-bond acceptors (Lipinski definition) is 4. The molecule has 0 heterocycles. The van der Waals surface area contributed by atoms with E-state index in [9.17, 15) is 9.90 Å². The molecule has 0 saturated heterocycles. The highest BCUT2D eigenvalue weighted by Crippen LogP contribution is 2.22. The van der Waals surface area contributed by atoms with Gasteiger partial charge in [0.2, 0.25) is 0 Å². The second-order valence-corrected chi connectivity index (χ2v) is 2.46. The molecule has 1 rings (SSSR count). The Morgan fingerprint density at radius 3 is 2.77 bits per heavy atom. The molecule has 4 nitrogen and oxygen atoms in total. The molecule has 0 aliphatic rings. The van der Waals surface area contributed by atoms with Crippen molar-refractivity contribution in [2.24, 2.45) is 0 Å². The van der Waals surface area contributed by atoms with Gasteiger partial charge in [-0.15, -0.1) is 0 Å². The number of aromatic hydroxyl groups is 2. The van der Waals surface area contributed by atoms with Crippen molar-refractivity contribution >= 4 is 5.78 Å². The van der Waals surface area contributed by atoms with Gasteiger partial charge in [-0.1, -0.05) is 0 Å². The van der Waals surface area contributed by atoms with Crippen molar-refractivity contribution in [2.45, 2.75) is 6.42 Å². The van der Waals surface area contributed by atoms with Crippen molar-refractivity contribution in [2.75, 3.05) is 0 Å². The number of Topliss-reactive ketones (excluding diaryl/α,β-unsaturated/α-hetero) is 1. The maximum Gasteiger partial charge on any atom is 0.180 e. The smallest absolute Gasteiger partial charge is 0.180 e. The van der Waals surface area contributed by atoms with Crippen LogP contribution in [0.15, 0.2) is 18.2 Å². The summed E-state index contributed by atoms with van der Waals surface area (Å²) in [7, 11) is 0. The Morgan fingerprint density at radius 1 is 1.46 bits per heavy atom. The Kier molecular flexibility index (Phi) is 2.50. The number of carbonyl (C=O) groups is 1. The summed E-state index contributed by atoms with van der Waals surface area (Å²) >= 11 is 0. The Morgan fingerprint density at radius 2 is 2.15 bits per heavy atom. The minimum Gasteiger partial charge on any atom is -0.508 e. The lowest BCUT2D eigenvalue weighted by atomic mass is 10.1. The van der Waals surface area contributed by atoms with Gasteiger partial charge in [0.25, 0.3) is 0 Å². The number of nitriles is 1. The van der Waals surface area contributed by atoms with Gasteiger partial charge < -0.3 is 10.2 Å². The molecular weight excluding hydrogens is 170 g/mol. The number of rotatable bonds is 2. The highest BCUT2D eigenvalue weighted by atomic mass is 16.3. The maximum absolute atomic E-state index is 11.1. The van der Waals surface area contributed by atoms with Crippen molar-refractivity contribution in [1.82, 2.24) is 0 Å². The normalized spacial score (nSPS) is 9.15. The molecule has 0 radical (unpaired) electrons. The molecule has 0 aliphatic heterocycles. The second-order valence-electron chi connectivity index (χ2n) is 2.46. The predicted octanol–water partition coefficient (Wildman–Crippen LogP) is 1.19. The van der Waals surface area contributed by atoms with Crippen molar-refractivity contribution in [3.05, 3.63) is 23.8 Å². The van der Waals surface area contributed by atoms with Gasteiger partial charge in [0.05, 0.1) is 18.1 Å². The van der Waals surface area contributed by atoms with E-state index in [1.807, 2.05) is 0 Å². The fourth-order valence-corrected chi connectivity index (χ4v) is 0.914. The summed E-state index contributed by atoms with van der Waals surface area (Å²) < 4.78 is 0. The monoisotopic (exact) mass is 177 g/mol. The van der Waals surface area contributed by atoms with Gasteiger partial charge in [0.1, 0.15) is 11.5 Å². The summed E-state index contributed by atoms with van der Waals surface area (Å²) in [4.78, 5) is 11.1. The topological polar surface area (TPSA) is 81.3 Å². The highest BCUT2D eigenvalue weighted by molar-refractivity contribution is 6.00. The molecule has 0 saturated carbocycles. The zero-order chi connectivity index (χ0) is 9.84. The largest absolute Gasteiger partial charge is 0.508 e. The Balaban J connectivity index is 3.07. The van der Waals surface area contributed by atoms with Crippen LogP contribution in [0, 0.1) is 11.3 Å². The molecule has 0 aliphatic carbocycles. The summed E-state index contributed by atoms with van der Waals surface area (Å²) in [6, 6.07) is 5.27. The van der Waals surface area contributed by atoms with Gasteiger partial charge in [-0.3, -0.25) is 4.79 Å². The molecule has 66 valence electrons. The average Bonchev–Trinajstić information content (AvgIpc) is 2.09. The van der Waals surface area contributed by atoms with Crippen molar-refractivity contribution in [1.29, 1.82) is 5.26 Å². The fourth-order valence-electron chi connectivity index (χ4n) is 0.914. The third-order valence-electron chi connectivity index (χ3n) is 1.52. The Hall–Kier alpha value is -2.02. The summed E-state index contributed by atoms with van der Waals surface area (Å²) in [6.07, 6.45) is -0.309. The predicted molar refractivity (Wildman–Crippen MR) is 44.3 cm³/mol. The van der Waals surface area contributed by atoms with Crippen molar-refractivity contribution < 1.29 is 15.0 Å². The summed E-state index contributed by atoms with van der Waals surface area (Å²) in [5.74, 6) is -0.840. The van der Waals surface area contributed by atoms with Crippen LogP contribution in [0.2, 0.25) is 0 Å². The lowest BCUT2D eigenvalue weighted by molar-refractivity contribution is 0.0995. The van der Waals surface area contributed by atoms with Crippen molar-refractivity contribution in [3.8, 4) is 17.6 Å². The first-order valence-corrected chi connectivity index (χ1v) is 3.57. The van der Waals surface area contributed by atoms with Gasteiger partial charge in [0, 0.05) is 0 Å². The third kappa shape index (κ3) is 1.97. The molecule has 0 unspecified atom stereocenters. The zero-order valence-electron chi connectivity index (χ0n) is 6.69. The number of phenolic OH excluding ortho intramolecular Hbond substituents is 2. The van der Waals surface area contributed by atoms with Crippen LogP contribution in [0.5, 0.6) is 11.5 Å². The minimum atomic E-state index is -0.504. The number of phenols is 2. The van der Waals surface area contributed by atoms with Crippen LogP contribution >= 0.6 is 0 Å². The van der Waals surface area contributed by atoms with Crippen molar-refractivity contribution in [3.63, 3.8) is 0 Å². The van der Waals surface area contributed by atoms with E-state index in [0.29, 0.717) is 0 Å². The number of carbonyl (C=O) groups excluding carboxylic acids is 1. The fraction of sp³-hybridized carbons (Fsp3) is 0.111. The number of nitrogens with zero attached hydrogens (tertiary/aromatic N) is 1. The quantitative estimate of drug-likeness (QED) is 0.525. The van der Waals surface area contributed by atoms with Crippen LogP contribution in [-0.2, 0) is 0 Å². The van der Waals surface area contributed by atoms with E-state index in [0.717, 1.165) is 6.07 Å². The summed E-state index contributed by atoms with van der Waals surface area (Å²) in [5, 5.41) is 26.4. The molecule has 0 atom stereocenters. The molecule has 0 fully saturated rings. The van der Waals surface area contributed by atoms with Gasteiger partial charge in [-0.25, -0.2) is 0 Å². The lowest BCUT2D eigenvalue weighted by Crippen LogP contribution is -1.97. The average molecular weight is 177 g/mol. The van der Waals surface area contributed by atoms with Gasteiger partial charge >= 0.3 is 0 Å². The molecule has 1 aromatic rings. The minimum absolute atomic E-state index is 0.0263. The van der Waals surface area contributed by atoms with E-state index in [4.69, 9.17) is 10.4 Å². The lowest BCUT2D eigenvalue weighted by Gasteiger charge is -2.00. The van der Waals surface area contributed by atoms with Crippen LogP contribution in [0.1, 0.15) is 16.8 Å². The van der Waals surface area contributed by atoms with E-state index in [2.05, 4.69) is 0 Å². The molecule has 1 aromatic carbocycles. The van der Waals surface area contributed by atoms with Crippen LogP contribution in [-0.4, -0.2) is 16.0 Å². The zero-order valence-corrected chi connectivity index (χ0v) is 6.69. The molecule has 0 amide bonds. The number of benzene rings is 1. The molecule has 0 aromatic heterocycles. The second kappa shape index (κ2) is 3.59. The first-order chi connectivity index (χ1) is 6.15. The van der Waals surface area contributed by atoms with E-state index >= 15 is 0 Å². The van der Waals surface area contributed by atoms with E-state index in [1.165, 1.54) is 12.1 Å². The van der Waals surface area contributed by atoms with E-state index in [-0.39, 0.29) is 23.5 Å². The maximum atomic E-state index is 11.1. The first-order valence-electron chi connectivity index (χ1n) is 3.57. The first kappa shape index (κ1) is 9.07. The summed E-state index contributed by atoms with van der Waals surface area (Å²) in [5.41, 5.74) is -0.0263. The molecule has 4 heteroatoms. The van der Waals surface area contributed by atoms with Crippen LogP contribution in [0.3, 0.4) is 0 Å². The Bertz CT molecular complexity index is 379. The van der Waals surface area contributed by atoms with Gasteiger partial charge in [-0.2, -0.15) is 5.26 Å². The van der Waals surface area contributed by atoms with E-state index in [1.54, 1.807) is 6.07 Å². The van der Waals surface area contributed by atoms with Crippen LogP contribution in [0.4, 0.5) is 0 Å². The number of ketones is 1. The highest BCUT2D eigenvalue weighted by Gasteiger charge is 2.10. The van der Waals surface area contributed by atoms with E-state index < -0.39 is 5.78 Å². The molecule has 13 heavy (non-hydrogen) atoms. The standard InChI is InChI=1S/C9H7NO3/c10-4-3-9(13)7-5-6(11)1-2-8(7)12/h1-2,5,11-12H,3H2. The third-order valence-corrected chi connectivity index (χ3v) is 1.52. The summed E-state index contributed by atoms with van der Waals surface area (Å²) in [6.45, 7) is 0. The molecule has 2 N–H and O–H groups in total.